The van der Waals surface area contributed by atoms with E-state index in [0.29, 0.717) is 28.3 Å². The second-order valence-corrected chi connectivity index (χ2v) is 5.84. The Labute approximate surface area is 146 Å². The Bertz CT molecular complexity index is 872. The molecule has 128 valence electrons. The van der Waals surface area contributed by atoms with Gasteiger partial charge in [0, 0.05) is 17.3 Å². The van der Waals surface area contributed by atoms with Crippen LogP contribution in [0.4, 0.5) is 11.4 Å². The molecule has 0 bridgehead atoms. The predicted molar refractivity (Wildman–Crippen MR) is 99.6 cm³/mol. The summed E-state index contributed by atoms with van der Waals surface area (Å²) in [5.41, 5.74) is 14.4. The van der Waals surface area contributed by atoms with Gasteiger partial charge in [0.05, 0.1) is 17.1 Å². The van der Waals surface area contributed by atoms with Crippen LogP contribution in [0.25, 0.3) is 0 Å². The molecule has 5 N–H and O–H groups in total. The van der Waals surface area contributed by atoms with Gasteiger partial charge in [-0.15, -0.1) is 0 Å². The Kier molecular flexibility index (Phi) is 4.75. The molecule has 0 radical (unpaired) electrons. The molecule has 3 aromatic rings. The number of aromatic amines is 1. The van der Waals surface area contributed by atoms with Gasteiger partial charge in [-0.1, -0.05) is 19.1 Å². The summed E-state index contributed by atoms with van der Waals surface area (Å²) in [5, 5.41) is 0. The normalized spacial score (nSPS) is 11.9. The van der Waals surface area contributed by atoms with Crippen molar-refractivity contribution in [2.75, 3.05) is 11.5 Å². The second kappa shape index (κ2) is 7.13. The van der Waals surface area contributed by atoms with Gasteiger partial charge in [-0.05, 0) is 48.9 Å². The molecule has 0 spiro atoms. The minimum absolute atomic E-state index is 0.0903. The Morgan fingerprint density at radius 3 is 2.52 bits per heavy atom. The summed E-state index contributed by atoms with van der Waals surface area (Å²) >= 11 is 0. The first-order valence-corrected chi connectivity index (χ1v) is 8.18. The predicted octanol–water partition coefficient (Wildman–Crippen LogP) is 3.94. The number of nitrogens with two attached hydrogens (primary N) is 2. The molecule has 0 fully saturated rings. The Hall–Kier alpha value is -3.21. The van der Waals surface area contributed by atoms with Crippen LogP contribution in [0.15, 0.2) is 60.8 Å². The number of hydrogen-bond donors (Lipinski definition) is 3. The van der Waals surface area contributed by atoms with E-state index < -0.39 is 0 Å². The average Bonchev–Trinajstić information content (AvgIpc) is 3.16. The number of carbonyl (C=O) groups is 1. The van der Waals surface area contributed by atoms with Gasteiger partial charge < -0.3 is 21.2 Å². The van der Waals surface area contributed by atoms with E-state index in [1.54, 1.807) is 30.3 Å². The van der Waals surface area contributed by atoms with E-state index in [1.165, 1.54) is 0 Å². The summed E-state index contributed by atoms with van der Waals surface area (Å²) < 4.78 is 6.05. The van der Waals surface area contributed by atoms with Crippen molar-refractivity contribution in [2.24, 2.45) is 0 Å². The number of H-pyrrole nitrogens is 1. The van der Waals surface area contributed by atoms with Crippen LogP contribution in [0.5, 0.6) is 5.75 Å². The molecule has 3 rings (SSSR count). The molecule has 5 nitrogen and oxygen atoms in total. The van der Waals surface area contributed by atoms with Gasteiger partial charge in [-0.3, -0.25) is 4.79 Å². The molecule has 0 aliphatic rings. The number of nitrogen functional groups attached to an aromatic ring is 2. The molecular weight excluding hydrogens is 314 g/mol. The maximum atomic E-state index is 12.7. The molecular formula is C20H21N3O2. The first-order chi connectivity index (χ1) is 12.1. The van der Waals surface area contributed by atoms with Crippen molar-refractivity contribution in [1.29, 1.82) is 0 Å². The molecule has 1 unspecified atom stereocenters. The standard InChI is InChI=1S/C20H21N3O2/c1-2-19(18-7-4-10-23-18)25-15-6-3-5-13(11-15)20(24)14-8-9-16(21)17(22)12-14/h3-12,19,23H,2,21-22H2,1H3. The summed E-state index contributed by atoms with van der Waals surface area (Å²) in [5.74, 6) is 0.529. The number of rotatable bonds is 6. The molecule has 1 aromatic heterocycles. The van der Waals surface area contributed by atoms with E-state index in [-0.39, 0.29) is 11.9 Å². The third-order valence-electron chi connectivity index (χ3n) is 4.06. The lowest BCUT2D eigenvalue weighted by Gasteiger charge is -2.17. The largest absolute Gasteiger partial charge is 0.484 e. The monoisotopic (exact) mass is 335 g/mol. The molecule has 0 saturated carbocycles. The Morgan fingerprint density at radius 2 is 1.84 bits per heavy atom. The van der Waals surface area contributed by atoms with E-state index in [0.717, 1.165) is 12.1 Å². The van der Waals surface area contributed by atoms with Crippen molar-refractivity contribution < 1.29 is 9.53 Å². The van der Waals surface area contributed by atoms with Crippen molar-refractivity contribution in [3.05, 3.63) is 77.6 Å². The minimum atomic E-state index is -0.120. The zero-order chi connectivity index (χ0) is 17.8. The second-order valence-electron chi connectivity index (χ2n) is 5.84. The first kappa shape index (κ1) is 16.6. The lowest BCUT2D eigenvalue weighted by Crippen LogP contribution is -2.08. The molecule has 2 aromatic carbocycles. The molecule has 0 amide bonds. The van der Waals surface area contributed by atoms with Crippen molar-refractivity contribution in [3.8, 4) is 5.75 Å². The molecule has 5 heteroatoms. The van der Waals surface area contributed by atoms with Gasteiger partial charge in [0.15, 0.2) is 5.78 Å². The van der Waals surface area contributed by atoms with Crippen molar-refractivity contribution >= 4 is 17.2 Å². The quantitative estimate of drug-likeness (QED) is 0.470. The topological polar surface area (TPSA) is 94.1 Å². The van der Waals surface area contributed by atoms with Crippen LogP contribution < -0.4 is 16.2 Å². The number of ether oxygens (including phenoxy) is 1. The number of benzene rings is 2. The number of ketones is 1. The number of anilines is 2. The highest BCUT2D eigenvalue weighted by molar-refractivity contribution is 6.10. The molecule has 1 atom stereocenters. The Morgan fingerprint density at radius 1 is 1.04 bits per heavy atom. The number of hydrogen-bond acceptors (Lipinski definition) is 4. The molecule has 0 aliphatic heterocycles. The van der Waals surface area contributed by atoms with Crippen LogP contribution in [0, 0.1) is 0 Å². The summed E-state index contributed by atoms with van der Waals surface area (Å²) in [6.45, 7) is 2.05. The molecule has 0 saturated heterocycles. The SMILES string of the molecule is CCC(Oc1cccc(C(=O)c2ccc(N)c(N)c2)c1)c1ccc[nH]1. The fourth-order valence-electron chi connectivity index (χ4n) is 2.67. The third kappa shape index (κ3) is 3.66. The lowest BCUT2D eigenvalue weighted by molar-refractivity contribution is 0.103. The van der Waals surface area contributed by atoms with Crippen molar-refractivity contribution in [2.45, 2.75) is 19.4 Å². The van der Waals surface area contributed by atoms with E-state index in [1.807, 2.05) is 30.5 Å². The number of aromatic nitrogens is 1. The van der Waals surface area contributed by atoms with Gasteiger partial charge in [0.25, 0.3) is 0 Å². The summed E-state index contributed by atoms with van der Waals surface area (Å²) in [6, 6.07) is 16.0. The highest BCUT2D eigenvalue weighted by atomic mass is 16.5. The summed E-state index contributed by atoms with van der Waals surface area (Å²) in [6.07, 6.45) is 2.59. The molecule has 25 heavy (non-hydrogen) atoms. The van der Waals surface area contributed by atoms with Crippen LogP contribution in [0.1, 0.15) is 41.1 Å². The number of nitrogens with one attached hydrogen (secondary N) is 1. The van der Waals surface area contributed by atoms with Gasteiger partial charge >= 0.3 is 0 Å². The van der Waals surface area contributed by atoms with Gasteiger partial charge in [-0.25, -0.2) is 0 Å². The van der Waals surface area contributed by atoms with Crippen molar-refractivity contribution in [1.82, 2.24) is 4.98 Å². The van der Waals surface area contributed by atoms with Gasteiger partial charge in [0.1, 0.15) is 11.9 Å². The highest BCUT2D eigenvalue weighted by Gasteiger charge is 2.15. The third-order valence-corrected chi connectivity index (χ3v) is 4.06. The maximum Gasteiger partial charge on any atom is 0.193 e. The van der Waals surface area contributed by atoms with Gasteiger partial charge in [0.2, 0.25) is 0 Å². The van der Waals surface area contributed by atoms with E-state index in [4.69, 9.17) is 16.2 Å². The molecule has 1 heterocycles. The van der Waals surface area contributed by atoms with E-state index in [9.17, 15) is 4.79 Å². The highest BCUT2D eigenvalue weighted by Crippen LogP contribution is 2.26. The smallest absolute Gasteiger partial charge is 0.193 e. The fraction of sp³-hybridized carbons (Fsp3) is 0.150. The van der Waals surface area contributed by atoms with Crippen LogP contribution in [0.2, 0.25) is 0 Å². The summed E-state index contributed by atoms with van der Waals surface area (Å²) in [4.78, 5) is 15.9. The van der Waals surface area contributed by atoms with Crippen molar-refractivity contribution in [3.63, 3.8) is 0 Å². The first-order valence-electron chi connectivity index (χ1n) is 8.18. The minimum Gasteiger partial charge on any atom is -0.484 e. The average molecular weight is 335 g/mol. The van der Waals surface area contributed by atoms with E-state index in [2.05, 4.69) is 11.9 Å². The van der Waals surface area contributed by atoms with Gasteiger partial charge in [-0.2, -0.15) is 0 Å². The zero-order valence-electron chi connectivity index (χ0n) is 14.0. The van der Waals surface area contributed by atoms with E-state index >= 15 is 0 Å². The Balaban J connectivity index is 1.83. The van der Waals surface area contributed by atoms with Crippen LogP contribution in [-0.4, -0.2) is 10.8 Å². The maximum absolute atomic E-state index is 12.7. The van der Waals surface area contributed by atoms with Crippen LogP contribution in [-0.2, 0) is 0 Å². The van der Waals surface area contributed by atoms with Crippen LogP contribution >= 0.6 is 0 Å². The zero-order valence-corrected chi connectivity index (χ0v) is 14.0. The number of carbonyl (C=O) groups excluding carboxylic acids is 1. The fourth-order valence-corrected chi connectivity index (χ4v) is 2.67. The lowest BCUT2D eigenvalue weighted by atomic mass is 10.0. The summed E-state index contributed by atoms with van der Waals surface area (Å²) in [7, 11) is 0. The molecule has 0 aliphatic carbocycles. The van der Waals surface area contributed by atoms with Crippen LogP contribution in [0.3, 0.4) is 0 Å².